The van der Waals surface area contributed by atoms with Crippen LogP contribution in [0.4, 0.5) is 11.4 Å². The van der Waals surface area contributed by atoms with Gasteiger partial charge in [0.15, 0.2) is 17.3 Å². The molecule has 0 aliphatic carbocycles. The minimum atomic E-state index is -0.572. The summed E-state index contributed by atoms with van der Waals surface area (Å²) in [5.41, 5.74) is 2.25. The first kappa shape index (κ1) is 24.1. The van der Waals surface area contributed by atoms with E-state index in [0.29, 0.717) is 17.2 Å². The van der Waals surface area contributed by atoms with Gasteiger partial charge in [-0.15, -0.1) is 0 Å². The fraction of sp³-hybridized carbons (Fsp3) is 0.115. The fourth-order valence-corrected chi connectivity index (χ4v) is 3.30. The molecular formula is C26H24N2O6. The van der Waals surface area contributed by atoms with Gasteiger partial charge in [-0.2, -0.15) is 0 Å². The van der Waals surface area contributed by atoms with Gasteiger partial charge in [-0.3, -0.25) is 14.9 Å². The number of para-hydroxylation sites is 2. The standard InChI is InChI=1S/C26H24N2O6/c1-32-24-16-18(17-25(33-2)26(24)34-3)12-13-19-8-4-6-10-21(19)27-15-14-23(29)20-9-5-7-11-22(20)28(30)31/h4-17,27H,1-3H3/b13-12-,15-14-. The van der Waals surface area contributed by atoms with Gasteiger partial charge >= 0.3 is 0 Å². The lowest BCUT2D eigenvalue weighted by Crippen LogP contribution is -2.02. The normalized spacial score (nSPS) is 10.9. The number of ether oxygens (including phenoxy) is 3. The molecule has 3 rings (SSSR count). The van der Waals surface area contributed by atoms with E-state index in [1.165, 1.54) is 30.5 Å². The molecule has 1 N–H and O–H groups in total. The van der Waals surface area contributed by atoms with E-state index < -0.39 is 10.7 Å². The smallest absolute Gasteiger partial charge is 0.280 e. The quantitative estimate of drug-likeness (QED) is 0.138. The van der Waals surface area contributed by atoms with Crippen LogP contribution >= 0.6 is 0 Å². The Kier molecular flexibility index (Phi) is 8.02. The number of nitro benzene ring substituents is 1. The number of benzene rings is 3. The van der Waals surface area contributed by atoms with Gasteiger partial charge in [0.05, 0.1) is 31.8 Å². The molecule has 0 atom stereocenters. The number of rotatable bonds is 10. The number of carbonyl (C=O) groups is 1. The zero-order valence-corrected chi connectivity index (χ0v) is 19.0. The van der Waals surface area contributed by atoms with Crippen molar-refractivity contribution in [2.45, 2.75) is 0 Å². The molecule has 34 heavy (non-hydrogen) atoms. The van der Waals surface area contributed by atoms with Crippen LogP contribution in [0.1, 0.15) is 21.5 Å². The second-order valence-electron chi connectivity index (χ2n) is 7.00. The van der Waals surface area contributed by atoms with Gasteiger partial charge in [0.2, 0.25) is 5.75 Å². The average Bonchev–Trinajstić information content (AvgIpc) is 2.87. The van der Waals surface area contributed by atoms with Gasteiger partial charge in [0.1, 0.15) is 0 Å². The first-order valence-electron chi connectivity index (χ1n) is 10.3. The van der Waals surface area contributed by atoms with E-state index in [9.17, 15) is 14.9 Å². The molecule has 3 aromatic rings. The molecule has 0 bridgehead atoms. The molecule has 0 fully saturated rings. The number of allylic oxidation sites excluding steroid dienone is 1. The highest BCUT2D eigenvalue weighted by atomic mass is 16.6. The van der Waals surface area contributed by atoms with Crippen LogP contribution in [0.15, 0.2) is 72.9 Å². The topological polar surface area (TPSA) is 99.9 Å². The van der Waals surface area contributed by atoms with Crippen LogP contribution in [0, 0.1) is 10.1 Å². The second kappa shape index (κ2) is 11.3. The van der Waals surface area contributed by atoms with Crippen molar-refractivity contribution in [1.29, 1.82) is 0 Å². The van der Waals surface area contributed by atoms with E-state index in [2.05, 4.69) is 5.32 Å². The third kappa shape index (κ3) is 5.60. The van der Waals surface area contributed by atoms with Crippen LogP contribution < -0.4 is 19.5 Å². The summed E-state index contributed by atoms with van der Waals surface area (Å²) in [5.74, 6) is 1.14. The lowest BCUT2D eigenvalue weighted by Gasteiger charge is -2.13. The number of anilines is 1. The van der Waals surface area contributed by atoms with E-state index in [1.807, 2.05) is 48.6 Å². The molecule has 8 heteroatoms. The maximum Gasteiger partial charge on any atom is 0.280 e. The summed E-state index contributed by atoms with van der Waals surface area (Å²) in [6, 6.07) is 17.0. The number of nitro groups is 1. The average molecular weight is 460 g/mol. The minimum Gasteiger partial charge on any atom is -0.493 e. The van der Waals surface area contributed by atoms with Crippen molar-refractivity contribution in [3.8, 4) is 17.2 Å². The van der Waals surface area contributed by atoms with Crippen LogP contribution in [0.2, 0.25) is 0 Å². The number of hydrogen-bond acceptors (Lipinski definition) is 7. The van der Waals surface area contributed by atoms with E-state index >= 15 is 0 Å². The summed E-state index contributed by atoms with van der Waals surface area (Å²) in [7, 11) is 4.66. The number of hydrogen-bond donors (Lipinski definition) is 1. The van der Waals surface area contributed by atoms with E-state index in [4.69, 9.17) is 14.2 Å². The number of ketones is 1. The van der Waals surface area contributed by atoms with Gasteiger partial charge in [-0.05, 0) is 35.4 Å². The molecule has 0 aliphatic heterocycles. The van der Waals surface area contributed by atoms with Crippen molar-refractivity contribution in [1.82, 2.24) is 0 Å². The van der Waals surface area contributed by atoms with Gasteiger partial charge in [-0.25, -0.2) is 0 Å². The maximum atomic E-state index is 12.4. The largest absolute Gasteiger partial charge is 0.493 e. The molecule has 0 saturated carbocycles. The first-order chi connectivity index (χ1) is 16.5. The Balaban J connectivity index is 1.80. The molecule has 8 nitrogen and oxygen atoms in total. The van der Waals surface area contributed by atoms with Crippen molar-refractivity contribution in [2.24, 2.45) is 0 Å². The van der Waals surface area contributed by atoms with Gasteiger partial charge in [0.25, 0.3) is 5.69 Å². The number of nitrogens with one attached hydrogen (secondary N) is 1. The Bertz CT molecular complexity index is 1220. The Morgan fingerprint density at radius 2 is 1.56 bits per heavy atom. The van der Waals surface area contributed by atoms with Crippen molar-refractivity contribution in [3.63, 3.8) is 0 Å². The van der Waals surface area contributed by atoms with Crippen molar-refractivity contribution in [3.05, 3.63) is 99.7 Å². The SMILES string of the molecule is COc1cc(/C=C\c2ccccc2N/C=C\C(=O)c2ccccc2[N+](=O)[O-])cc(OC)c1OC. The number of carbonyl (C=O) groups excluding carboxylic acids is 1. The fourth-order valence-electron chi connectivity index (χ4n) is 3.30. The van der Waals surface area contributed by atoms with Crippen LogP contribution in [-0.4, -0.2) is 32.0 Å². The lowest BCUT2D eigenvalue weighted by atomic mass is 10.1. The second-order valence-corrected chi connectivity index (χ2v) is 7.00. The van der Waals surface area contributed by atoms with Crippen molar-refractivity contribution >= 4 is 29.3 Å². The lowest BCUT2D eigenvalue weighted by molar-refractivity contribution is -0.385. The molecule has 3 aromatic carbocycles. The summed E-state index contributed by atoms with van der Waals surface area (Å²) in [4.78, 5) is 23.0. The van der Waals surface area contributed by atoms with Gasteiger partial charge in [-0.1, -0.05) is 42.5 Å². The molecule has 174 valence electrons. The monoisotopic (exact) mass is 460 g/mol. The van der Waals surface area contributed by atoms with E-state index in [0.717, 1.165) is 16.8 Å². The molecule has 0 amide bonds. The summed E-state index contributed by atoms with van der Waals surface area (Å²) in [5, 5.41) is 14.2. The molecule has 0 heterocycles. The highest BCUT2D eigenvalue weighted by molar-refractivity contribution is 6.07. The Morgan fingerprint density at radius 3 is 2.21 bits per heavy atom. The summed E-state index contributed by atoms with van der Waals surface area (Å²) in [6.07, 6.45) is 6.53. The van der Waals surface area contributed by atoms with Crippen LogP contribution in [0.5, 0.6) is 17.2 Å². The summed E-state index contributed by atoms with van der Waals surface area (Å²) in [6.45, 7) is 0. The van der Waals surface area contributed by atoms with Crippen LogP contribution in [0.25, 0.3) is 12.2 Å². The van der Waals surface area contributed by atoms with Crippen molar-refractivity contribution < 1.29 is 23.9 Å². The third-order valence-corrected chi connectivity index (χ3v) is 4.94. The highest BCUT2D eigenvalue weighted by Gasteiger charge is 2.17. The molecule has 0 aliphatic rings. The number of methoxy groups -OCH3 is 3. The Hall–Kier alpha value is -4.59. The third-order valence-electron chi connectivity index (χ3n) is 4.94. The van der Waals surface area contributed by atoms with Gasteiger partial charge in [0, 0.05) is 24.0 Å². The molecule has 0 unspecified atom stereocenters. The summed E-state index contributed by atoms with van der Waals surface area (Å²) < 4.78 is 16.1. The maximum absolute atomic E-state index is 12.4. The first-order valence-corrected chi connectivity index (χ1v) is 10.3. The van der Waals surface area contributed by atoms with Crippen molar-refractivity contribution in [2.75, 3.05) is 26.6 Å². The van der Waals surface area contributed by atoms with Crippen LogP contribution in [0.3, 0.4) is 0 Å². The highest BCUT2D eigenvalue weighted by Crippen LogP contribution is 2.38. The molecule has 0 saturated heterocycles. The molecule has 0 aromatic heterocycles. The van der Waals surface area contributed by atoms with Crippen LogP contribution in [-0.2, 0) is 0 Å². The predicted molar refractivity (Wildman–Crippen MR) is 132 cm³/mol. The zero-order chi connectivity index (χ0) is 24.5. The predicted octanol–water partition coefficient (Wildman–Crippen LogP) is 5.60. The number of nitrogens with zero attached hydrogens (tertiary/aromatic N) is 1. The van der Waals surface area contributed by atoms with E-state index in [-0.39, 0.29) is 11.3 Å². The molecule has 0 radical (unpaired) electrons. The van der Waals surface area contributed by atoms with E-state index in [1.54, 1.807) is 27.4 Å². The van der Waals surface area contributed by atoms with Gasteiger partial charge < -0.3 is 19.5 Å². The minimum absolute atomic E-state index is 0.0288. The zero-order valence-electron chi connectivity index (χ0n) is 19.0. The Morgan fingerprint density at radius 1 is 0.912 bits per heavy atom. The molecule has 0 spiro atoms. The Labute approximate surface area is 197 Å². The summed E-state index contributed by atoms with van der Waals surface area (Å²) >= 11 is 0. The molecular weight excluding hydrogens is 436 g/mol.